The third-order valence-electron chi connectivity index (χ3n) is 5.51. The van der Waals surface area contributed by atoms with Crippen LogP contribution < -0.4 is 11.1 Å². The first-order valence-electron chi connectivity index (χ1n) is 9.12. The Labute approximate surface area is 156 Å². The van der Waals surface area contributed by atoms with Gasteiger partial charge < -0.3 is 16.0 Å². The Kier molecular flexibility index (Phi) is 5.99. The van der Waals surface area contributed by atoms with Crippen molar-refractivity contribution in [3.8, 4) is 0 Å². The number of allylic oxidation sites excluding steroid dienone is 5. The average Bonchev–Trinajstić information content (AvgIpc) is 2.42. The number of nitrogens with two attached hydrogens (primary N) is 1. The molecule has 1 spiro atoms. The molecule has 0 bridgehead atoms. The van der Waals surface area contributed by atoms with Crippen molar-refractivity contribution in [3.05, 3.63) is 60.3 Å². The largest absolute Gasteiger partial charge is 0.385 e. The maximum absolute atomic E-state index is 13.5. The van der Waals surface area contributed by atoms with Gasteiger partial charge in [0.15, 0.2) is 0 Å². The fourth-order valence-corrected chi connectivity index (χ4v) is 3.49. The lowest BCUT2D eigenvalue weighted by atomic mass is 9.63. The predicted octanol–water partition coefficient (Wildman–Crippen LogP) is 4.68. The highest BCUT2D eigenvalue weighted by molar-refractivity contribution is 5.33. The van der Waals surface area contributed by atoms with E-state index in [1.165, 1.54) is 26.2 Å². The Morgan fingerprint density at radius 3 is 2.38 bits per heavy atom. The summed E-state index contributed by atoms with van der Waals surface area (Å²) in [6.07, 6.45) is 10.8. The lowest BCUT2D eigenvalue weighted by Gasteiger charge is -2.56. The first-order valence-corrected chi connectivity index (χ1v) is 9.12. The molecular weight excluding hydrogens is 332 g/mol. The molecule has 0 aromatic rings. The van der Waals surface area contributed by atoms with E-state index < -0.39 is 11.8 Å². The molecule has 2 fully saturated rings. The lowest BCUT2D eigenvalue weighted by molar-refractivity contribution is -0.0393. The van der Waals surface area contributed by atoms with Crippen molar-refractivity contribution in [2.45, 2.75) is 46.0 Å². The topological polar surface area (TPSA) is 41.3 Å². The van der Waals surface area contributed by atoms with E-state index in [0.717, 1.165) is 20.0 Å². The summed E-state index contributed by atoms with van der Waals surface area (Å²) in [5.41, 5.74) is 8.46. The van der Waals surface area contributed by atoms with Gasteiger partial charge >= 0.3 is 0 Å². The van der Waals surface area contributed by atoms with Crippen LogP contribution in [0.25, 0.3) is 0 Å². The van der Waals surface area contributed by atoms with E-state index in [9.17, 15) is 8.78 Å². The van der Waals surface area contributed by atoms with Gasteiger partial charge in [0.25, 0.3) is 5.92 Å². The van der Waals surface area contributed by atoms with Crippen LogP contribution in [0, 0.1) is 11.3 Å². The summed E-state index contributed by atoms with van der Waals surface area (Å²) in [5.74, 6) is -2.97. The Hall–Kier alpha value is -2.04. The summed E-state index contributed by atoms with van der Waals surface area (Å²) in [5, 5.41) is 3.02. The van der Waals surface area contributed by atoms with E-state index in [2.05, 4.69) is 23.4 Å². The summed E-state index contributed by atoms with van der Waals surface area (Å²) in [4.78, 5) is 2.17. The van der Waals surface area contributed by atoms with Crippen molar-refractivity contribution in [3.63, 3.8) is 0 Å². The molecule has 2 aliphatic rings. The molecule has 1 aliphatic heterocycles. The van der Waals surface area contributed by atoms with Crippen molar-refractivity contribution >= 4 is 0 Å². The molecule has 3 nitrogen and oxygen atoms in total. The zero-order chi connectivity index (χ0) is 19.5. The van der Waals surface area contributed by atoms with Crippen molar-refractivity contribution in [1.29, 1.82) is 0 Å². The van der Waals surface area contributed by atoms with E-state index in [0.29, 0.717) is 28.1 Å². The molecule has 1 heterocycles. The highest BCUT2D eigenvalue weighted by Gasteiger charge is 2.47. The van der Waals surface area contributed by atoms with E-state index in [1.54, 1.807) is 25.3 Å². The third-order valence-corrected chi connectivity index (χ3v) is 5.51. The van der Waals surface area contributed by atoms with Gasteiger partial charge in [0.2, 0.25) is 0 Å². The van der Waals surface area contributed by atoms with Crippen molar-refractivity contribution < 1.29 is 8.78 Å². The molecule has 5 heteroatoms. The minimum atomic E-state index is -2.79. The number of alkyl halides is 2. The molecule has 26 heavy (non-hydrogen) atoms. The Morgan fingerprint density at radius 1 is 1.31 bits per heavy atom. The van der Waals surface area contributed by atoms with Crippen LogP contribution >= 0.6 is 0 Å². The third kappa shape index (κ3) is 4.77. The fourth-order valence-electron chi connectivity index (χ4n) is 3.49. The normalized spacial score (nSPS) is 21.3. The van der Waals surface area contributed by atoms with Gasteiger partial charge in [-0.25, -0.2) is 8.78 Å². The highest BCUT2D eigenvalue weighted by Crippen LogP contribution is 2.48. The summed E-state index contributed by atoms with van der Waals surface area (Å²) in [6.45, 7) is 14.0. The van der Waals surface area contributed by atoms with Gasteiger partial charge in [-0.3, -0.25) is 0 Å². The zero-order valence-electron chi connectivity index (χ0n) is 16.1. The van der Waals surface area contributed by atoms with Gasteiger partial charge in [-0.05, 0) is 38.3 Å². The second-order valence-corrected chi connectivity index (χ2v) is 7.89. The number of halogens is 2. The summed E-state index contributed by atoms with van der Waals surface area (Å²) in [7, 11) is 0. The Bertz CT molecular complexity index is 641. The lowest BCUT2D eigenvalue weighted by Crippen LogP contribution is -2.59. The van der Waals surface area contributed by atoms with Gasteiger partial charge in [-0.2, -0.15) is 0 Å². The van der Waals surface area contributed by atoms with Gasteiger partial charge in [0.1, 0.15) is 5.82 Å². The minimum Gasteiger partial charge on any atom is -0.385 e. The van der Waals surface area contributed by atoms with E-state index in [1.807, 2.05) is 6.08 Å². The first kappa shape index (κ1) is 20.3. The fraction of sp³-hybridized carbons (Fsp3) is 0.524. The smallest absolute Gasteiger partial charge is 0.251 e. The van der Waals surface area contributed by atoms with Gasteiger partial charge in [-0.1, -0.05) is 38.2 Å². The zero-order valence-corrected chi connectivity index (χ0v) is 16.1. The molecule has 0 aromatic heterocycles. The molecule has 3 N–H and O–H groups in total. The van der Waals surface area contributed by atoms with Crippen molar-refractivity contribution in [1.82, 2.24) is 10.2 Å². The molecule has 1 saturated heterocycles. The SMILES string of the molecule is C=C(/C=C(\N)N1CC2(CCC2)C1)N/C=C\C=C(/C(=C)C)C(C)C(C)(F)F. The number of rotatable bonds is 8. The summed E-state index contributed by atoms with van der Waals surface area (Å²) < 4.78 is 27.1. The molecule has 0 aromatic carbocycles. The van der Waals surface area contributed by atoms with Crippen LogP contribution in [0.15, 0.2) is 60.3 Å². The first-order chi connectivity index (χ1) is 12.0. The summed E-state index contributed by atoms with van der Waals surface area (Å²) >= 11 is 0. The van der Waals surface area contributed by atoms with Crippen LogP contribution in [-0.4, -0.2) is 23.9 Å². The number of hydrogen-bond acceptors (Lipinski definition) is 3. The summed E-state index contributed by atoms with van der Waals surface area (Å²) in [6, 6.07) is 0. The molecule has 1 unspecified atom stereocenters. The number of nitrogens with one attached hydrogen (secondary N) is 1. The van der Waals surface area contributed by atoms with Crippen LogP contribution in [0.1, 0.15) is 40.0 Å². The quantitative estimate of drug-likeness (QED) is 0.615. The second kappa shape index (κ2) is 7.68. The maximum Gasteiger partial charge on any atom is 0.251 e. The average molecular weight is 363 g/mol. The molecule has 144 valence electrons. The van der Waals surface area contributed by atoms with Crippen molar-refractivity contribution in [2.24, 2.45) is 17.1 Å². The van der Waals surface area contributed by atoms with Crippen molar-refractivity contribution in [2.75, 3.05) is 13.1 Å². The van der Waals surface area contributed by atoms with Crippen LogP contribution in [0.2, 0.25) is 0 Å². The van der Waals surface area contributed by atoms with Gasteiger partial charge in [0, 0.05) is 42.4 Å². The highest BCUT2D eigenvalue weighted by atomic mass is 19.3. The molecular formula is C21H31F2N3. The number of nitrogens with zero attached hydrogens (tertiary/aromatic N) is 1. The molecule has 1 atom stereocenters. The maximum atomic E-state index is 13.5. The molecule has 1 saturated carbocycles. The van der Waals surface area contributed by atoms with Crippen LogP contribution in [0.3, 0.4) is 0 Å². The van der Waals surface area contributed by atoms with E-state index in [-0.39, 0.29) is 0 Å². The van der Waals surface area contributed by atoms with Crippen LogP contribution in [0.5, 0.6) is 0 Å². The van der Waals surface area contributed by atoms with E-state index in [4.69, 9.17) is 5.73 Å². The van der Waals surface area contributed by atoms with Gasteiger partial charge in [-0.15, -0.1) is 0 Å². The second-order valence-electron chi connectivity index (χ2n) is 7.89. The standard InChI is InChI=1S/C21H31F2N3/c1-15(2)18(17(4)20(5,22)23)8-6-11-25-16(3)12-19(24)26-13-21(14-26)9-7-10-21/h6,8,11-12,17,25H,1,3,7,9-10,13-14,24H2,2,4-5H3/b11-6-,18-8+,19-12+. The Morgan fingerprint density at radius 2 is 1.92 bits per heavy atom. The monoisotopic (exact) mass is 363 g/mol. The van der Waals surface area contributed by atoms with Crippen LogP contribution in [0.4, 0.5) is 8.78 Å². The van der Waals surface area contributed by atoms with Gasteiger partial charge in [0.05, 0.1) is 0 Å². The molecule has 2 rings (SSSR count). The Balaban J connectivity index is 1.87. The molecule has 0 amide bonds. The van der Waals surface area contributed by atoms with E-state index >= 15 is 0 Å². The minimum absolute atomic E-state index is 0.523. The molecule has 0 radical (unpaired) electrons. The number of likely N-dealkylation sites (tertiary alicyclic amines) is 1. The predicted molar refractivity (Wildman–Crippen MR) is 104 cm³/mol. The number of hydrogen-bond donors (Lipinski definition) is 2. The molecule has 1 aliphatic carbocycles. The van der Waals surface area contributed by atoms with Crippen LogP contribution in [-0.2, 0) is 0 Å².